The van der Waals surface area contributed by atoms with Crippen molar-refractivity contribution in [2.45, 2.75) is 37.6 Å². The summed E-state index contributed by atoms with van der Waals surface area (Å²) in [5.41, 5.74) is 6.61. The highest BCUT2D eigenvalue weighted by molar-refractivity contribution is 7.99. The van der Waals surface area contributed by atoms with Crippen LogP contribution < -0.4 is 11.1 Å². The molecule has 0 spiro atoms. The fourth-order valence-electron chi connectivity index (χ4n) is 2.68. The van der Waals surface area contributed by atoms with E-state index in [1.807, 2.05) is 0 Å². The molecule has 0 bridgehead atoms. The zero-order chi connectivity index (χ0) is 15.4. The van der Waals surface area contributed by atoms with Gasteiger partial charge < -0.3 is 11.1 Å². The molecule has 1 aromatic rings. The van der Waals surface area contributed by atoms with Gasteiger partial charge in [-0.25, -0.2) is 4.39 Å². The summed E-state index contributed by atoms with van der Waals surface area (Å²) in [5.74, 6) is 0.917. The van der Waals surface area contributed by atoms with Crippen LogP contribution >= 0.6 is 11.8 Å². The molecular formula is C16H23FN2OS. The van der Waals surface area contributed by atoms with Gasteiger partial charge in [0, 0.05) is 17.2 Å². The van der Waals surface area contributed by atoms with Gasteiger partial charge >= 0.3 is 0 Å². The van der Waals surface area contributed by atoms with E-state index in [2.05, 4.69) is 19.2 Å². The lowest BCUT2D eigenvalue weighted by Gasteiger charge is -2.28. The summed E-state index contributed by atoms with van der Waals surface area (Å²) in [6.45, 7) is 4.51. The minimum Gasteiger partial charge on any atom is -0.349 e. The van der Waals surface area contributed by atoms with Crippen LogP contribution in [0.5, 0.6) is 0 Å². The number of halogens is 1. The highest BCUT2D eigenvalue weighted by atomic mass is 32.2. The van der Waals surface area contributed by atoms with Gasteiger partial charge in [-0.1, -0.05) is 13.8 Å². The topological polar surface area (TPSA) is 55.1 Å². The Labute approximate surface area is 129 Å². The maximum atomic E-state index is 13.5. The van der Waals surface area contributed by atoms with Crippen molar-refractivity contribution in [3.05, 3.63) is 29.6 Å². The Morgan fingerprint density at radius 3 is 2.95 bits per heavy atom. The third-order valence-corrected chi connectivity index (χ3v) is 4.86. The van der Waals surface area contributed by atoms with Gasteiger partial charge in [-0.2, -0.15) is 0 Å². The van der Waals surface area contributed by atoms with Crippen molar-refractivity contribution in [2.24, 2.45) is 17.6 Å². The predicted molar refractivity (Wildman–Crippen MR) is 84.6 cm³/mol. The number of benzene rings is 1. The second-order valence-electron chi connectivity index (χ2n) is 5.94. The molecule has 5 heteroatoms. The van der Waals surface area contributed by atoms with Gasteiger partial charge in [-0.15, -0.1) is 11.8 Å². The first kappa shape index (κ1) is 16.3. The second-order valence-corrected chi connectivity index (χ2v) is 7.08. The molecule has 3 nitrogen and oxygen atoms in total. The van der Waals surface area contributed by atoms with E-state index < -0.39 is 0 Å². The second kappa shape index (κ2) is 7.27. The number of nitrogens with one attached hydrogen (secondary N) is 1. The fraction of sp³-hybridized carbons (Fsp3) is 0.562. The van der Waals surface area contributed by atoms with Gasteiger partial charge in [-0.05, 0) is 42.5 Å². The molecule has 116 valence electrons. The number of carbonyl (C=O) groups is 1. The average Bonchev–Trinajstić information content (AvgIpc) is 2.45. The zero-order valence-electron chi connectivity index (χ0n) is 12.6. The molecule has 2 unspecified atom stereocenters. The van der Waals surface area contributed by atoms with Crippen molar-refractivity contribution in [3.63, 3.8) is 0 Å². The van der Waals surface area contributed by atoms with Crippen LogP contribution in [-0.2, 0) is 4.79 Å². The maximum absolute atomic E-state index is 13.5. The van der Waals surface area contributed by atoms with Crippen molar-refractivity contribution >= 4 is 17.7 Å². The van der Waals surface area contributed by atoms with Crippen molar-refractivity contribution < 1.29 is 9.18 Å². The molecule has 0 aliphatic carbocycles. The first-order chi connectivity index (χ1) is 10.0. The van der Waals surface area contributed by atoms with Crippen LogP contribution in [0, 0.1) is 17.7 Å². The first-order valence-electron chi connectivity index (χ1n) is 7.44. The smallest absolute Gasteiger partial charge is 0.224 e. The molecule has 1 aliphatic rings. The van der Waals surface area contributed by atoms with E-state index in [4.69, 9.17) is 5.73 Å². The summed E-state index contributed by atoms with van der Waals surface area (Å²) < 4.78 is 13.5. The van der Waals surface area contributed by atoms with Crippen LogP contribution in [0.3, 0.4) is 0 Å². The van der Waals surface area contributed by atoms with Crippen LogP contribution in [0.25, 0.3) is 0 Å². The van der Waals surface area contributed by atoms with Gasteiger partial charge in [0.15, 0.2) is 0 Å². The molecule has 0 radical (unpaired) electrons. The van der Waals surface area contributed by atoms with Crippen molar-refractivity contribution in [2.75, 3.05) is 12.3 Å². The quantitative estimate of drug-likeness (QED) is 0.878. The summed E-state index contributed by atoms with van der Waals surface area (Å²) in [4.78, 5) is 13.4. The molecule has 0 saturated heterocycles. The third-order valence-electron chi connectivity index (χ3n) is 3.74. The molecule has 1 aromatic carbocycles. The molecule has 0 saturated carbocycles. The number of thioether (sulfide) groups is 1. The van der Waals surface area contributed by atoms with Crippen LogP contribution in [-0.4, -0.2) is 18.2 Å². The summed E-state index contributed by atoms with van der Waals surface area (Å²) in [5, 5.41) is 3.06. The maximum Gasteiger partial charge on any atom is 0.224 e. The molecule has 1 amide bonds. The summed E-state index contributed by atoms with van der Waals surface area (Å²) in [7, 11) is 0. The van der Waals surface area contributed by atoms with Crippen molar-refractivity contribution in [1.29, 1.82) is 0 Å². The van der Waals surface area contributed by atoms with Gasteiger partial charge in [0.2, 0.25) is 5.91 Å². The Hall–Kier alpha value is -1.07. The summed E-state index contributed by atoms with van der Waals surface area (Å²) >= 11 is 1.71. The van der Waals surface area contributed by atoms with E-state index in [1.54, 1.807) is 17.8 Å². The molecule has 3 N–H and O–H groups in total. The van der Waals surface area contributed by atoms with Crippen molar-refractivity contribution in [3.8, 4) is 0 Å². The number of hydrogen-bond donors (Lipinski definition) is 2. The van der Waals surface area contributed by atoms with E-state index >= 15 is 0 Å². The molecule has 1 aliphatic heterocycles. The average molecular weight is 310 g/mol. The lowest BCUT2D eigenvalue weighted by molar-refractivity contribution is -0.126. The largest absolute Gasteiger partial charge is 0.349 e. The zero-order valence-corrected chi connectivity index (χ0v) is 13.4. The van der Waals surface area contributed by atoms with E-state index in [9.17, 15) is 9.18 Å². The molecule has 2 rings (SSSR count). The molecular weight excluding hydrogens is 287 g/mol. The molecule has 1 heterocycles. The molecule has 0 aromatic heterocycles. The predicted octanol–water partition coefficient (Wildman–Crippen LogP) is 3.10. The monoisotopic (exact) mass is 310 g/mol. The standard InChI is InChI=1S/C16H23FN2OS/c1-10(2)7-11(9-18)16(20)19-14-5-6-21-15-4-3-12(17)8-13(14)15/h3-4,8,10-11,14H,5-7,9,18H2,1-2H3,(H,19,20). The lowest BCUT2D eigenvalue weighted by atomic mass is 9.95. The summed E-state index contributed by atoms with van der Waals surface area (Å²) in [6.07, 6.45) is 1.60. The Morgan fingerprint density at radius 2 is 2.29 bits per heavy atom. The molecule has 2 atom stereocenters. The van der Waals surface area contributed by atoms with E-state index in [0.717, 1.165) is 29.1 Å². The van der Waals surface area contributed by atoms with Crippen molar-refractivity contribution in [1.82, 2.24) is 5.32 Å². The fourth-order valence-corrected chi connectivity index (χ4v) is 3.79. The number of fused-ring (bicyclic) bond motifs is 1. The number of rotatable bonds is 5. The van der Waals surface area contributed by atoms with Crippen LogP contribution in [0.2, 0.25) is 0 Å². The highest BCUT2D eigenvalue weighted by Crippen LogP contribution is 2.36. The number of amides is 1. The van der Waals surface area contributed by atoms with Gasteiger partial charge in [-0.3, -0.25) is 4.79 Å². The third kappa shape index (κ3) is 4.20. The normalized spacial score (nSPS) is 19.2. The molecule has 21 heavy (non-hydrogen) atoms. The minimum atomic E-state index is -0.256. The SMILES string of the molecule is CC(C)CC(CN)C(=O)NC1CCSc2ccc(F)cc21. The van der Waals surface area contributed by atoms with Crippen LogP contribution in [0.4, 0.5) is 4.39 Å². The van der Waals surface area contributed by atoms with E-state index in [-0.39, 0.29) is 23.7 Å². The van der Waals surface area contributed by atoms with Gasteiger partial charge in [0.05, 0.1) is 12.0 Å². The van der Waals surface area contributed by atoms with Gasteiger partial charge in [0.1, 0.15) is 5.82 Å². The lowest BCUT2D eigenvalue weighted by Crippen LogP contribution is -2.39. The first-order valence-corrected chi connectivity index (χ1v) is 8.42. The number of hydrogen-bond acceptors (Lipinski definition) is 3. The Kier molecular flexibility index (Phi) is 5.65. The van der Waals surface area contributed by atoms with Crippen LogP contribution in [0.15, 0.2) is 23.1 Å². The Morgan fingerprint density at radius 1 is 1.52 bits per heavy atom. The van der Waals surface area contributed by atoms with E-state index in [0.29, 0.717) is 12.5 Å². The highest BCUT2D eigenvalue weighted by Gasteiger charge is 2.26. The summed E-state index contributed by atoms with van der Waals surface area (Å²) in [6, 6.07) is 4.69. The minimum absolute atomic E-state index is 0.0155. The van der Waals surface area contributed by atoms with Crippen LogP contribution in [0.1, 0.15) is 38.3 Å². The Balaban J connectivity index is 2.10. The molecule has 0 fully saturated rings. The Bertz CT molecular complexity index is 507. The number of carbonyl (C=O) groups excluding carboxylic acids is 1. The van der Waals surface area contributed by atoms with Gasteiger partial charge in [0.25, 0.3) is 0 Å². The van der Waals surface area contributed by atoms with E-state index in [1.165, 1.54) is 12.1 Å². The number of nitrogens with two attached hydrogens (primary N) is 1.